The van der Waals surface area contributed by atoms with Crippen LogP contribution in [0.2, 0.25) is 5.02 Å². The molecule has 0 aromatic heterocycles. The highest BCUT2D eigenvalue weighted by Gasteiger charge is 2.31. The van der Waals surface area contributed by atoms with Crippen LogP contribution in [0, 0.1) is 22.5 Å². The van der Waals surface area contributed by atoms with Gasteiger partial charge in [0.2, 0.25) is 0 Å². The summed E-state index contributed by atoms with van der Waals surface area (Å²) in [5.41, 5.74) is 0.179. The normalized spacial score (nSPS) is 13.6. The number of halogens is 1. The van der Waals surface area contributed by atoms with Gasteiger partial charge in [0.1, 0.15) is 5.02 Å². The van der Waals surface area contributed by atoms with Gasteiger partial charge in [-0.25, -0.2) is 0 Å². The van der Waals surface area contributed by atoms with Crippen molar-refractivity contribution in [3.05, 3.63) is 32.8 Å². The molecule has 0 fully saturated rings. The fraction of sp³-hybridized carbons (Fsp3) is 0.462. The maximum atomic E-state index is 11.2. The second kappa shape index (κ2) is 6.09. The highest BCUT2D eigenvalue weighted by Crippen LogP contribution is 2.31. The van der Waals surface area contributed by atoms with Crippen molar-refractivity contribution in [1.82, 2.24) is 0 Å². The number of carboxylic acid groups (broad SMARTS) is 1. The van der Waals surface area contributed by atoms with E-state index in [0.29, 0.717) is 17.7 Å². The number of carboxylic acids is 1. The number of rotatable bonds is 6. The molecule has 0 aliphatic heterocycles. The van der Waals surface area contributed by atoms with Gasteiger partial charge in [0.25, 0.3) is 5.69 Å². The lowest BCUT2D eigenvalue weighted by molar-refractivity contribution is -0.384. The molecular weight excluding hydrogens is 284 g/mol. The predicted molar refractivity (Wildman–Crippen MR) is 77.4 cm³/mol. The molecule has 0 amide bonds. The van der Waals surface area contributed by atoms with Crippen LogP contribution in [0.1, 0.15) is 25.8 Å². The van der Waals surface area contributed by atoms with Crippen LogP contribution in [0.4, 0.5) is 11.4 Å². The lowest BCUT2D eigenvalue weighted by Gasteiger charge is -2.24. The van der Waals surface area contributed by atoms with E-state index in [-0.39, 0.29) is 17.3 Å². The summed E-state index contributed by atoms with van der Waals surface area (Å²) in [7, 11) is 0. The molecule has 0 heterocycles. The maximum absolute atomic E-state index is 11.2. The number of carbonyl (C=O) groups is 1. The Balaban J connectivity index is 2.97. The Hall–Kier alpha value is -1.82. The topological polar surface area (TPSA) is 92.5 Å². The molecule has 1 rings (SSSR count). The SMILES string of the molecule is CCC(C)(CNc1cc(Cl)c([N+](=O)[O-])cc1C)C(=O)O. The average molecular weight is 301 g/mol. The van der Waals surface area contributed by atoms with Crippen molar-refractivity contribution in [2.75, 3.05) is 11.9 Å². The first-order valence-electron chi connectivity index (χ1n) is 6.13. The van der Waals surface area contributed by atoms with Gasteiger partial charge in [-0.3, -0.25) is 14.9 Å². The number of benzene rings is 1. The molecule has 2 N–H and O–H groups in total. The predicted octanol–water partition coefficient (Wildman–Crippen LogP) is 3.47. The van der Waals surface area contributed by atoms with Crippen LogP contribution in [0.15, 0.2) is 12.1 Å². The highest BCUT2D eigenvalue weighted by atomic mass is 35.5. The number of nitrogens with zero attached hydrogens (tertiary/aromatic N) is 1. The molecule has 1 unspecified atom stereocenters. The van der Waals surface area contributed by atoms with Crippen molar-refractivity contribution >= 4 is 28.9 Å². The van der Waals surface area contributed by atoms with Gasteiger partial charge >= 0.3 is 5.97 Å². The number of aryl methyl sites for hydroxylation is 1. The van der Waals surface area contributed by atoms with Gasteiger partial charge in [0, 0.05) is 18.3 Å². The molecule has 1 aromatic rings. The van der Waals surface area contributed by atoms with Gasteiger partial charge in [-0.15, -0.1) is 0 Å². The summed E-state index contributed by atoms with van der Waals surface area (Å²) in [4.78, 5) is 21.4. The summed E-state index contributed by atoms with van der Waals surface area (Å²) in [6, 6.07) is 2.82. The van der Waals surface area contributed by atoms with E-state index in [9.17, 15) is 20.0 Å². The van der Waals surface area contributed by atoms with Gasteiger partial charge in [-0.1, -0.05) is 18.5 Å². The number of nitro benzene ring substituents is 1. The molecule has 20 heavy (non-hydrogen) atoms. The largest absolute Gasteiger partial charge is 0.481 e. The second-order valence-electron chi connectivity index (χ2n) is 4.95. The molecule has 7 heteroatoms. The minimum Gasteiger partial charge on any atom is -0.481 e. The van der Waals surface area contributed by atoms with Crippen LogP contribution in [-0.4, -0.2) is 22.5 Å². The van der Waals surface area contributed by atoms with Crippen LogP contribution >= 0.6 is 11.6 Å². The van der Waals surface area contributed by atoms with E-state index in [1.807, 2.05) is 0 Å². The molecule has 1 aromatic carbocycles. The smallest absolute Gasteiger partial charge is 0.311 e. The number of anilines is 1. The van der Waals surface area contributed by atoms with Gasteiger partial charge in [-0.05, 0) is 31.9 Å². The molecule has 1 atom stereocenters. The zero-order valence-electron chi connectivity index (χ0n) is 11.6. The zero-order valence-corrected chi connectivity index (χ0v) is 12.3. The molecule has 0 aliphatic carbocycles. The fourth-order valence-electron chi connectivity index (χ4n) is 1.64. The van der Waals surface area contributed by atoms with Crippen molar-refractivity contribution < 1.29 is 14.8 Å². The monoisotopic (exact) mass is 300 g/mol. The summed E-state index contributed by atoms with van der Waals surface area (Å²) < 4.78 is 0. The number of nitro groups is 1. The number of hydrogen-bond donors (Lipinski definition) is 2. The molecule has 0 spiro atoms. The third-order valence-electron chi connectivity index (χ3n) is 3.46. The van der Waals surface area contributed by atoms with E-state index >= 15 is 0 Å². The minimum absolute atomic E-state index is 0.0247. The Kier molecular flexibility index (Phi) is 4.94. The third-order valence-corrected chi connectivity index (χ3v) is 3.76. The van der Waals surface area contributed by atoms with Gasteiger partial charge in [0.05, 0.1) is 10.3 Å². The summed E-state index contributed by atoms with van der Waals surface area (Å²) in [5.74, 6) is -0.891. The summed E-state index contributed by atoms with van der Waals surface area (Å²) in [5, 5.41) is 23.0. The molecular formula is C13H17ClN2O4. The number of hydrogen-bond acceptors (Lipinski definition) is 4. The zero-order chi connectivity index (χ0) is 15.5. The number of nitrogens with one attached hydrogen (secondary N) is 1. The van der Waals surface area contributed by atoms with E-state index in [1.54, 1.807) is 20.8 Å². The molecule has 110 valence electrons. The first kappa shape index (κ1) is 16.2. The number of aliphatic carboxylic acids is 1. The lowest BCUT2D eigenvalue weighted by atomic mass is 9.87. The molecule has 0 aliphatic rings. The van der Waals surface area contributed by atoms with Crippen LogP contribution < -0.4 is 5.32 Å². The third kappa shape index (κ3) is 3.39. The fourth-order valence-corrected chi connectivity index (χ4v) is 1.87. The van der Waals surface area contributed by atoms with Gasteiger partial charge < -0.3 is 10.4 Å². The van der Waals surface area contributed by atoms with Crippen LogP contribution in [-0.2, 0) is 4.79 Å². The quantitative estimate of drug-likeness (QED) is 0.620. The molecule has 0 saturated carbocycles. The van der Waals surface area contributed by atoms with E-state index in [1.165, 1.54) is 12.1 Å². The second-order valence-corrected chi connectivity index (χ2v) is 5.36. The van der Waals surface area contributed by atoms with Gasteiger partial charge in [-0.2, -0.15) is 0 Å². The Morgan fingerprint density at radius 1 is 1.55 bits per heavy atom. The maximum Gasteiger partial charge on any atom is 0.311 e. The first-order valence-corrected chi connectivity index (χ1v) is 6.51. The van der Waals surface area contributed by atoms with E-state index in [2.05, 4.69) is 5.32 Å². The Labute approximate surface area is 121 Å². The van der Waals surface area contributed by atoms with Crippen LogP contribution in [0.25, 0.3) is 0 Å². The molecule has 0 radical (unpaired) electrons. The molecule has 0 saturated heterocycles. The van der Waals surface area contributed by atoms with Crippen LogP contribution in [0.3, 0.4) is 0 Å². The molecule has 0 bridgehead atoms. The van der Waals surface area contributed by atoms with Crippen molar-refractivity contribution in [3.8, 4) is 0 Å². The first-order chi connectivity index (χ1) is 9.21. The van der Waals surface area contributed by atoms with Crippen molar-refractivity contribution in [2.24, 2.45) is 5.41 Å². The summed E-state index contributed by atoms with van der Waals surface area (Å²) in [6.45, 7) is 5.36. The van der Waals surface area contributed by atoms with Crippen molar-refractivity contribution in [2.45, 2.75) is 27.2 Å². The van der Waals surface area contributed by atoms with E-state index in [0.717, 1.165) is 0 Å². The van der Waals surface area contributed by atoms with Crippen molar-refractivity contribution in [1.29, 1.82) is 0 Å². The van der Waals surface area contributed by atoms with Crippen LogP contribution in [0.5, 0.6) is 0 Å². The average Bonchev–Trinajstić information content (AvgIpc) is 2.38. The molecule has 6 nitrogen and oxygen atoms in total. The Morgan fingerprint density at radius 3 is 2.60 bits per heavy atom. The Morgan fingerprint density at radius 2 is 2.15 bits per heavy atom. The minimum atomic E-state index is -0.902. The summed E-state index contributed by atoms with van der Waals surface area (Å²) >= 11 is 5.84. The Bertz CT molecular complexity index is 547. The van der Waals surface area contributed by atoms with Crippen molar-refractivity contribution in [3.63, 3.8) is 0 Å². The highest BCUT2D eigenvalue weighted by molar-refractivity contribution is 6.33. The van der Waals surface area contributed by atoms with E-state index in [4.69, 9.17) is 11.6 Å². The lowest BCUT2D eigenvalue weighted by Crippen LogP contribution is -2.34. The van der Waals surface area contributed by atoms with E-state index < -0.39 is 16.3 Å². The van der Waals surface area contributed by atoms with Gasteiger partial charge in [0.15, 0.2) is 0 Å². The summed E-state index contributed by atoms with van der Waals surface area (Å²) in [6.07, 6.45) is 0.467. The standard InChI is InChI=1S/C13H17ClN2O4/c1-4-13(3,12(17)18)7-15-10-6-9(14)11(16(19)20)5-8(10)2/h5-6,15H,4,7H2,1-3H3,(H,17,18).